The number of hydrogen-bond acceptors (Lipinski definition) is 2. The second-order valence-electron chi connectivity index (χ2n) is 4.29. The van der Waals surface area contributed by atoms with Crippen LogP contribution in [0.1, 0.15) is 31.7 Å². The van der Waals surface area contributed by atoms with E-state index in [2.05, 4.69) is 41.2 Å². The van der Waals surface area contributed by atoms with Gasteiger partial charge in [-0.2, -0.15) is 0 Å². The lowest BCUT2D eigenvalue weighted by Crippen LogP contribution is -1.95. The van der Waals surface area contributed by atoms with Gasteiger partial charge in [0.05, 0.1) is 5.69 Å². The first-order chi connectivity index (χ1) is 8.72. The molecule has 0 aliphatic rings. The maximum atomic E-state index is 6.01. The summed E-state index contributed by atoms with van der Waals surface area (Å²) in [7, 11) is 0. The van der Waals surface area contributed by atoms with Crippen molar-refractivity contribution in [3.63, 3.8) is 0 Å². The van der Waals surface area contributed by atoms with Crippen molar-refractivity contribution < 1.29 is 0 Å². The zero-order valence-corrected chi connectivity index (χ0v) is 11.5. The van der Waals surface area contributed by atoms with Crippen molar-refractivity contribution in [2.75, 3.05) is 0 Å². The summed E-state index contributed by atoms with van der Waals surface area (Å²) in [5, 5.41) is 0.509. The summed E-state index contributed by atoms with van der Waals surface area (Å²) in [5.41, 5.74) is 3.35. The van der Waals surface area contributed by atoms with E-state index in [0.29, 0.717) is 5.15 Å². The third kappa shape index (κ3) is 3.08. The molecular formula is C15H17ClN2. The standard InChI is InChI=1S/C15H17ClN2/c1-3-5-11-6-8-12(9-7-11)13-10-14(16)18-15(4-2)17-13/h6-10H,3-5H2,1-2H3. The van der Waals surface area contributed by atoms with Crippen molar-refractivity contribution in [1.82, 2.24) is 9.97 Å². The second kappa shape index (κ2) is 5.96. The summed E-state index contributed by atoms with van der Waals surface area (Å²) < 4.78 is 0. The van der Waals surface area contributed by atoms with Gasteiger partial charge < -0.3 is 0 Å². The smallest absolute Gasteiger partial charge is 0.133 e. The van der Waals surface area contributed by atoms with Crippen molar-refractivity contribution in [3.8, 4) is 11.3 Å². The lowest BCUT2D eigenvalue weighted by Gasteiger charge is -2.05. The molecule has 1 aromatic carbocycles. The van der Waals surface area contributed by atoms with Crippen LogP contribution >= 0.6 is 11.6 Å². The van der Waals surface area contributed by atoms with Gasteiger partial charge in [0.25, 0.3) is 0 Å². The molecule has 2 nitrogen and oxygen atoms in total. The molecule has 0 saturated carbocycles. The fourth-order valence-electron chi connectivity index (χ4n) is 1.90. The fourth-order valence-corrected chi connectivity index (χ4v) is 2.10. The molecule has 0 bridgehead atoms. The first kappa shape index (κ1) is 13.0. The first-order valence-corrected chi connectivity index (χ1v) is 6.73. The molecule has 1 heterocycles. The molecule has 0 radical (unpaired) electrons. The van der Waals surface area contributed by atoms with E-state index in [4.69, 9.17) is 11.6 Å². The predicted molar refractivity (Wildman–Crippen MR) is 75.9 cm³/mol. The van der Waals surface area contributed by atoms with Gasteiger partial charge in [-0.15, -0.1) is 0 Å². The molecule has 0 unspecified atom stereocenters. The van der Waals surface area contributed by atoms with Gasteiger partial charge in [-0.1, -0.05) is 56.1 Å². The van der Waals surface area contributed by atoms with E-state index in [1.165, 1.54) is 12.0 Å². The quantitative estimate of drug-likeness (QED) is 0.766. The highest BCUT2D eigenvalue weighted by Crippen LogP contribution is 2.21. The van der Waals surface area contributed by atoms with E-state index in [1.807, 2.05) is 13.0 Å². The van der Waals surface area contributed by atoms with Crippen LogP contribution in [-0.2, 0) is 12.8 Å². The summed E-state index contributed by atoms with van der Waals surface area (Å²) in [6, 6.07) is 10.3. The summed E-state index contributed by atoms with van der Waals surface area (Å²) in [6.45, 7) is 4.21. The normalized spacial score (nSPS) is 10.6. The van der Waals surface area contributed by atoms with Crippen LogP contribution in [0.2, 0.25) is 5.15 Å². The number of nitrogens with zero attached hydrogens (tertiary/aromatic N) is 2. The largest absolute Gasteiger partial charge is 0.233 e. The number of hydrogen-bond donors (Lipinski definition) is 0. The van der Waals surface area contributed by atoms with Gasteiger partial charge in [0.15, 0.2) is 0 Å². The predicted octanol–water partition coefficient (Wildman–Crippen LogP) is 4.31. The van der Waals surface area contributed by atoms with Crippen LogP contribution < -0.4 is 0 Å². The minimum atomic E-state index is 0.509. The van der Waals surface area contributed by atoms with E-state index in [9.17, 15) is 0 Å². The highest BCUT2D eigenvalue weighted by molar-refractivity contribution is 6.29. The van der Waals surface area contributed by atoms with Gasteiger partial charge >= 0.3 is 0 Å². The second-order valence-corrected chi connectivity index (χ2v) is 4.68. The molecule has 2 aromatic rings. The van der Waals surface area contributed by atoms with Crippen LogP contribution in [0.3, 0.4) is 0 Å². The fraction of sp³-hybridized carbons (Fsp3) is 0.333. The topological polar surface area (TPSA) is 25.8 Å². The van der Waals surface area contributed by atoms with Crippen molar-refractivity contribution >= 4 is 11.6 Å². The Morgan fingerprint density at radius 2 is 1.78 bits per heavy atom. The van der Waals surface area contributed by atoms with Crippen molar-refractivity contribution in [2.45, 2.75) is 33.1 Å². The zero-order chi connectivity index (χ0) is 13.0. The molecular weight excluding hydrogens is 244 g/mol. The Kier molecular flexibility index (Phi) is 4.32. The molecule has 0 fully saturated rings. The molecule has 0 N–H and O–H groups in total. The Morgan fingerprint density at radius 3 is 2.39 bits per heavy atom. The van der Waals surface area contributed by atoms with Gasteiger partial charge in [0.1, 0.15) is 11.0 Å². The molecule has 0 aliphatic heterocycles. The molecule has 0 saturated heterocycles. The lowest BCUT2D eigenvalue weighted by atomic mass is 10.1. The highest BCUT2D eigenvalue weighted by atomic mass is 35.5. The molecule has 1 aromatic heterocycles. The maximum Gasteiger partial charge on any atom is 0.133 e. The van der Waals surface area contributed by atoms with Crippen LogP contribution in [0.5, 0.6) is 0 Å². The molecule has 0 spiro atoms. The van der Waals surface area contributed by atoms with Gasteiger partial charge in [0.2, 0.25) is 0 Å². The number of benzene rings is 1. The van der Waals surface area contributed by atoms with Crippen molar-refractivity contribution in [1.29, 1.82) is 0 Å². The van der Waals surface area contributed by atoms with E-state index < -0.39 is 0 Å². The van der Waals surface area contributed by atoms with Crippen molar-refractivity contribution in [3.05, 3.63) is 46.9 Å². The summed E-state index contributed by atoms with van der Waals surface area (Å²) in [5.74, 6) is 0.787. The number of aromatic nitrogens is 2. The van der Waals surface area contributed by atoms with Crippen LogP contribution in [0.25, 0.3) is 11.3 Å². The van der Waals surface area contributed by atoms with Crippen LogP contribution in [0.15, 0.2) is 30.3 Å². The third-order valence-corrected chi connectivity index (χ3v) is 3.04. The van der Waals surface area contributed by atoms with Crippen LogP contribution in [0, 0.1) is 0 Å². The zero-order valence-electron chi connectivity index (χ0n) is 10.8. The lowest BCUT2D eigenvalue weighted by molar-refractivity contribution is 0.921. The molecule has 3 heteroatoms. The van der Waals surface area contributed by atoms with Crippen LogP contribution in [-0.4, -0.2) is 9.97 Å². The Balaban J connectivity index is 2.33. The van der Waals surface area contributed by atoms with E-state index in [-0.39, 0.29) is 0 Å². The number of rotatable bonds is 4. The summed E-state index contributed by atoms with van der Waals surface area (Å²) >= 11 is 6.01. The first-order valence-electron chi connectivity index (χ1n) is 6.35. The van der Waals surface area contributed by atoms with Gasteiger partial charge in [-0.25, -0.2) is 9.97 Å². The van der Waals surface area contributed by atoms with Gasteiger partial charge in [0, 0.05) is 18.1 Å². The van der Waals surface area contributed by atoms with Gasteiger partial charge in [-0.3, -0.25) is 0 Å². The molecule has 18 heavy (non-hydrogen) atoms. The molecule has 0 atom stereocenters. The molecule has 0 amide bonds. The molecule has 0 aliphatic carbocycles. The Hall–Kier alpha value is -1.41. The monoisotopic (exact) mass is 260 g/mol. The maximum absolute atomic E-state index is 6.01. The molecule has 2 rings (SSSR count). The number of aryl methyl sites for hydroxylation is 2. The van der Waals surface area contributed by atoms with Crippen LogP contribution in [0.4, 0.5) is 0 Å². The minimum absolute atomic E-state index is 0.509. The minimum Gasteiger partial charge on any atom is -0.233 e. The third-order valence-electron chi connectivity index (χ3n) is 2.85. The summed E-state index contributed by atoms with van der Waals surface area (Å²) in [4.78, 5) is 8.68. The molecule has 94 valence electrons. The summed E-state index contributed by atoms with van der Waals surface area (Å²) in [6.07, 6.45) is 3.07. The van der Waals surface area contributed by atoms with Gasteiger partial charge in [-0.05, 0) is 12.0 Å². The van der Waals surface area contributed by atoms with E-state index in [0.717, 1.165) is 29.9 Å². The van der Waals surface area contributed by atoms with E-state index in [1.54, 1.807) is 0 Å². The SMILES string of the molecule is CCCc1ccc(-c2cc(Cl)nc(CC)n2)cc1. The Morgan fingerprint density at radius 1 is 1.06 bits per heavy atom. The average Bonchev–Trinajstić information content (AvgIpc) is 2.39. The average molecular weight is 261 g/mol. The van der Waals surface area contributed by atoms with Crippen molar-refractivity contribution in [2.24, 2.45) is 0 Å². The Bertz CT molecular complexity index is 521. The highest BCUT2D eigenvalue weighted by Gasteiger charge is 2.04. The number of halogens is 1. The van der Waals surface area contributed by atoms with E-state index >= 15 is 0 Å². The Labute approximate surface area is 113 Å².